The van der Waals surface area contributed by atoms with E-state index in [0.29, 0.717) is 12.5 Å². The second-order valence-electron chi connectivity index (χ2n) is 5.34. The van der Waals surface area contributed by atoms with Gasteiger partial charge in [0.1, 0.15) is 5.75 Å². The second-order valence-corrected chi connectivity index (χ2v) is 5.34. The van der Waals surface area contributed by atoms with Crippen LogP contribution in [0.5, 0.6) is 5.75 Å². The molecular weight excluding hydrogens is 228 g/mol. The molecule has 0 bridgehead atoms. The number of hydrogen-bond donors (Lipinski definition) is 2. The lowest BCUT2D eigenvalue weighted by Gasteiger charge is -2.12. The van der Waals surface area contributed by atoms with E-state index in [-0.39, 0.29) is 5.91 Å². The fourth-order valence-electron chi connectivity index (χ4n) is 1.54. The molecule has 4 nitrogen and oxygen atoms in total. The molecule has 0 unspecified atom stereocenters. The molecule has 1 aliphatic carbocycles. The molecule has 1 aliphatic rings. The zero-order chi connectivity index (χ0) is 13.2. The highest BCUT2D eigenvalue weighted by molar-refractivity contribution is 6.00. The molecule has 0 saturated heterocycles. The van der Waals surface area contributed by atoms with Crippen molar-refractivity contribution in [3.05, 3.63) is 24.3 Å². The van der Waals surface area contributed by atoms with E-state index in [1.54, 1.807) is 0 Å². The van der Waals surface area contributed by atoms with E-state index < -0.39 is 5.54 Å². The first-order valence-electron chi connectivity index (χ1n) is 6.33. The number of carbonyl (C=O) groups is 1. The Morgan fingerprint density at radius 1 is 1.50 bits per heavy atom. The molecule has 0 atom stereocenters. The van der Waals surface area contributed by atoms with Gasteiger partial charge < -0.3 is 15.8 Å². The predicted octanol–water partition coefficient (Wildman–Crippen LogP) is 2.15. The number of nitrogens with one attached hydrogen (secondary N) is 1. The number of nitrogens with two attached hydrogens (primary N) is 1. The Kier molecular flexibility index (Phi) is 3.57. The molecule has 1 amide bonds. The number of benzene rings is 1. The summed E-state index contributed by atoms with van der Waals surface area (Å²) in [5.41, 5.74) is 5.92. The smallest absolute Gasteiger partial charge is 0.244 e. The van der Waals surface area contributed by atoms with Crippen molar-refractivity contribution in [2.24, 2.45) is 11.7 Å². The Bertz CT molecular complexity index is 439. The van der Waals surface area contributed by atoms with Crippen LogP contribution in [-0.2, 0) is 4.79 Å². The minimum atomic E-state index is -0.644. The standard InChI is InChI=1S/C14H20N2O2/c1-10(2)9-18-12-5-3-4-11(8-12)16-13(17)14(15)6-7-14/h3-5,8,10H,6-7,9,15H2,1-2H3,(H,16,17). The SMILES string of the molecule is CC(C)COc1cccc(NC(=O)C2(N)CC2)c1. The van der Waals surface area contributed by atoms with Crippen molar-refractivity contribution in [2.75, 3.05) is 11.9 Å². The summed E-state index contributed by atoms with van der Waals surface area (Å²) in [6.45, 7) is 4.85. The molecular formula is C14H20N2O2. The number of ether oxygens (including phenoxy) is 1. The average Bonchev–Trinajstić information content (AvgIpc) is 3.07. The normalized spacial score (nSPS) is 16.4. The Balaban J connectivity index is 1.96. The lowest BCUT2D eigenvalue weighted by atomic mass is 10.2. The second kappa shape index (κ2) is 4.98. The van der Waals surface area contributed by atoms with Gasteiger partial charge in [-0.15, -0.1) is 0 Å². The van der Waals surface area contributed by atoms with Gasteiger partial charge in [-0.3, -0.25) is 4.79 Å². The van der Waals surface area contributed by atoms with Crippen LogP contribution in [0.25, 0.3) is 0 Å². The molecule has 1 aromatic carbocycles. The summed E-state index contributed by atoms with van der Waals surface area (Å²) in [5, 5.41) is 2.83. The average molecular weight is 248 g/mol. The van der Waals surface area contributed by atoms with E-state index in [1.807, 2.05) is 24.3 Å². The molecule has 1 saturated carbocycles. The molecule has 1 aromatic rings. The van der Waals surface area contributed by atoms with Gasteiger partial charge in [0.15, 0.2) is 0 Å². The molecule has 4 heteroatoms. The Hall–Kier alpha value is -1.55. The minimum Gasteiger partial charge on any atom is -0.493 e. The van der Waals surface area contributed by atoms with Crippen molar-refractivity contribution in [3.8, 4) is 5.75 Å². The van der Waals surface area contributed by atoms with Crippen molar-refractivity contribution in [3.63, 3.8) is 0 Å². The van der Waals surface area contributed by atoms with Crippen LogP contribution in [0, 0.1) is 5.92 Å². The summed E-state index contributed by atoms with van der Waals surface area (Å²) >= 11 is 0. The number of carbonyl (C=O) groups excluding carboxylic acids is 1. The van der Waals surface area contributed by atoms with Gasteiger partial charge in [-0.2, -0.15) is 0 Å². The summed E-state index contributed by atoms with van der Waals surface area (Å²) < 4.78 is 5.61. The van der Waals surface area contributed by atoms with Gasteiger partial charge in [0.25, 0.3) is 0 Å². The number of anilines is 1. The topological polar surface area (TPSA) is 64.3 Å². The third kappa shape index (κ3) is 3.23. The summed E-state index contributed by atoms with van der Waals surface area (Å²) in [4.78, 5) is 11.8. The fraction of sp³-hybridized carbons (Fsp3) is 0.500. The van der Waals surface area contributed by atoms with Crippen LogP contribution >= 0.6 is 0 Å². The Morgan fingerprint density at radius 2 is 2.22 bits per heavy atom. The summed E-state index contributed by atoms with van der Waals surface area (Å²) in [6.07, 6.45) is 1.53. The van der Waals surface area contributed by atoms with Crippen LogP contribution < -0.4 is 15.8 Å². The molecule has 1 fully saturated rings. The monoisotopic (exact) mass is 248 g/mol. The van der Waals surface area contributed by atoms with Crippen molar-refractivity contribution < 1.29 is 9.53 Å². The largest absolute Gasteiger partial charge is 0.493 e. The third-order valence-corrected chi connectivity index (χ3v) is 2.92. The highest BCUT2D eigenvalue weighted by Crippen LogP contribution is 2.33. The quantitative estimate of drug-likeness (QED) is 0.839. The third-order valence-electron chi connectivity index (χ3n) is 2.92. The molecule has 2 rings (SSSR count). The van der Waals surface area contributed by atoms with Crippen molar-refractivity contribution in [1.29, 1.82) is 0 Å². The summed E-state index contributed by atoms with van der Waals surface area (Å²) in [6, 6.07) is 7.41. The zero-order valence-corrected chi connectivity index (χ0v) is 10.9. The van der Waals surface area contributed by atoms with Crippen LogP contribution in [0.4, 0.5) is 5.69 Å². The first-order valence-corrected chi connectivity index (χ1v) is 6.33. The van der Waals surface area contributed by atoms with Crippen LogP contribution in [0.2, 0.25) is 0 Å². The first kappa shape index (κ1) is 12.9. The zero-order valence-electron chi connectivity index (χ0n) is 10.9. The molecule has 0 spiro atoms. The fourth-order valence-corrected chi connectivity index (χ4v) is 1.54. The first-order chi connectivity index (χ1) is 8.49. The van der Waals surface area contributed by atoms with E-state index in [0.717, 1.165) is 24.3 Å². The summed E-state index contributed by atoms with van der Waals surface area (Å²) in [5.74, 6) is 1.13. The van der Waals surface area contributed by atoms with Gasteiger partial charge in [-0.25, -0.2) is 0 Å². The molecule has 0 radical (unpaired) electrons. The number of rotatable bonds is 5. The van der Waals surface area contributed by atoms with Crippen molar-refractivity contribution in [2.45, 2.75) is 32.2 Å². The van der Waals surface area contributed by atoms with Crippen LogP contribution in [0.3, 0.4) is 0 Å². The Morgan fingerprint density at radius 3 is 2.83 bits per heavy atom. The molecule has 3 N–H and O–H groups in total. The lowest BCUT2D eigenvalue weighted by Crippen LogP contribution is -2.37. The molecule has 0 aliphatic heterocycles. The molecule has 0 aromatic heterocycles. The van der Waals surface area contributed by atoms with Gasteiger partial charge in [0, 0.05) is 11.8 Å². The van der Waals surface area contributed by atoms with Crippen molar-refractivity contribution >= 4 is 11.6 Å². The molecule has 0 heterocycles. The molecule has 18 heavy (non-hydrogen) atoms. The van der Waals surface area contributed by atoms with E-state index >= 15 is 0 Å². The van der Waals surface area contributed by atoms with Crippen LogP contribution in [-0.4, -0.2) is 18.1 Å². The maximum Gasteiger partial charge on any atom is 0.244 e. The van der Waals surface area contributed by atoms with E-state index in [2.05, 4.69) is 19.2 Å². The number of hydrogen-bond acceptors (Lipinski definition) is 3. The maximum atomic E-state index is 11.8. The van der Waals surface area contributed by atoms with Gasteiger partial charge in [0.05, 0.1) is 12.1 Å². The van der Waals surface area contributed by atoms with E-state index in [4.69, 9.17) is 10.5 Å². The van der Waals surface area contributed by atoms with Gasteiger partial charge in [-0.1, -0.05) is 19.9 Å². The van der Waals surface area contributed by atoms with E-state index in [1.165, 1.54) is 0 Å². The lowest BCUT2D eigenvalue weighted by molar-refractivity contribution is -0.118. The Labute approximate surface area is 108 Å². The van der Waals surface area contributed by atoms with Gasteiger partial charge in [-0.05, 0) is 30.9 Å². The van der Waals surface area contributed by atoms with Crippen LogP contribution in [0.1, 0.15) is 26.7 Å². The molecule has 98 valence electrons. The van der Waals surface area contributed by atoms with Gasteiger partial charge >= 0.3 is 0 Å². The summed E-state index contributed by atoms with van der Waals surface area (Å²) in [7, 11) is 0. The maximum absolute atomic E-state index is 11.8. The van der Waals surface area contributed by atoms with Gasteiger partial charge in [0.2, 0.25) is 5.91 Å². The highest BCUT2D eigenvalue weighted by Gasteiger charge is 2.45. The number of amides is 1. The predicted molar refractivity (Wildman–Crippen MR) is 71.6 cm³/mol. The minimum absolute atomic E-state index is 0.108. The van der Waals surface area contributed by atoms with Crippen molar-refractivity contribution in [1.82, 2.24) is 0 Å². The van der Waals surface area contributed by atoms with E-state index in [9.17, 15) is 4.79 Å². The van der Waals surface area contributed by atoms with Crippen LogP contribution in [0.15, 0.2) is 24.3 Å². The highest BCUT2D eigenvalue weighted by atomic mass is 16.5.